The van der Waals surface area contributed by atoms with Crippen LogP contribution in [-0.2, 0) is 9.84 Å². The Morgan fingerprint density at radius 2 is 2.10 bits per heavy atom. The van der Waals surface area contributed by atoms with Gasteiger partial charge in [-0.05, 0) is 55.5 Å². The molecule has 1 saturated carbocycles. The van der Waals surface area contributed by atoms with E-state index in [1.807, 2.05) is 0 Å². The summed E-state index contributed by atoms with van der Waals surface area (Å²) in [6.45, 7) is 0.734. The van der Waals surface area contributed by atoms with E-state index in [0.29, 0.717) is 17.9 Å². The monoisotopic (exact) mass is 299 g/mol. The van der Waals surface area contributed by atoms with E-state index in [9.17, 15) is 17.9 Å². The molecule has 0 radical (unpaired) electrons. The Hall–Kier alpha value is -0.980. The van der Waals surface area contributed by atoms with Crippen LogP contribution in [0.2, 0.25) is 0 Å². The third-order valence-corrected chi connectivity index (χ3v) is 6.04. The third-order valence-electron chi connectivity index (χ3n) is 4.22. The fourth-order valence-electron chi connectivity index (χ4n) is 3.00. The van der Waals surface area contributed by atoms with Crippen LogP contribution in [0.25, 0.3) is 0 Å². The maximum Gasteiger partial charge on any atom is 0.178 e. The second-order valence-corrected chi connectivity index (χ2v) is 7.82. The van der Waals surface area contributed by atoms with Crippen molar-refractivity contribution in [2.75, 3.05) is 12.3 Å². The standard InChI is InChI=1S/C14H18FNO3S/c15-10-1-2-14-12(7-10)13(3-4-20(14,18)19)16-8-9-5-11(17)6-9/h1-2,7,9,11,13,16-17H,3-6,8H2. The third kappa shape index (κ3) is 2.60. The summed E-state index contributed by atoms with van der Waals surface area (Å²) in [5, 5.41) is 12.6. The molecular formula is C14H18FNO3S. The van der Waals surface area contributed by atoms with Gasteiger partial charge in [-0.1, -0.05) is 0 Å². The predicted molar refractivity (Wildman–Crippen MR) is 72.5 cm³/mol. The van der Waals surface area contributed by atoms with Gasteiger partial charge in [0.05, 0.1) is 16.8 Å². The van der Waals surface area contributed by atoms with Crippen LogP contribution in [0.5, 0.6) is 0 Å². The van der Waals surface area contributed by atoms with Crippen LogP contribution in [0.4, 0.5) is 4.39 Å². The number of halogens is 1. The largest absolute Gasteiger partial charge is 0.393 e. The zero-order valence-electron chi connectivity index (χ0n) is 11.0. The summed E-state index contributed by atoms with van der Waals surface area (Å²) in [6.07, 6.45) is 1.84. The van der Waals surface area contributed by atoms with Gasteiger partial charge < -0.3 is 10.4 Å². The Kier molecular flexibility index (Phi) is 3.56. The molecule has 3 rings (SSSR count). The fourth-order valence-corrected chi connectivity index (χ4v) is 4.60. The van der Waals surface area contributed by atoms with Gasteiger partial charge in [-0.3, -0.25) is 0 Å². The molecule has 1 aromatic carbocycles. The minimum Gasteiger partial charge on any atom is -0.393 e. The molecule has 0 spiro atoms. The lowest BCUT2D eigenvalue weighted by molar-refractivity contribution is 0.0417. The Labute approximate surface area is 117 Å². The topological polar surface area (TPSA) is 66.4 Å². The van der Waals surface area contributed by atoms with E-state index in [2.05, 4.69) is 5.32 Å². The lowest BCUT2D eigenvalue weighted by Crippen LogP contribution is -2.39. The van der Waals surface area contributed by atoms with Crippen molar-refractivity contribution in [1.82, 2.24) is 5.32 Å². The number of nitrogens with one attached hydrogen (secondary N) is 1. The summed E-state index contributed by atoms with van der Waals surface area (Å²) < 4.78 is 37.4. The van der Waals surface area contributed by atoms with Crippen molar-refractivity contribution in [2.45, 2.75) is 36.3 Å². The van der Waals surface area contributed by atoms with Crippen LogP contribution in [0.1, 0.15) is 30.9 Å². The highest BCUT2D eigenvalue weighted by atomic mass is 32.2. The van der Waals surface area contributed by atoms with Crippen LogP contribution in [0.3, 0.4) is 0 Å². The first-order valence-electron chi connectivity index (χ1n) is 6.89. The molecular weight excluding hydrogens is 281 g/mol. The SMILES string of the molecule is O=S1(=O)CCC(NCC2CC(O)C2)c2cc(F)ccc21. The number of aliphatic hydroxyl groups excluding tert-OH is 1. The van der Waals surface area contributed by atoms with E-state index in [1.165, 1.54) is 18.2 Å². The van der Waals surface area contributed by atoms with Gasteiger partial charge in [0.25, 0.3) is 0 Å². The van der Waals surface area contributed by atoms with Crippen LogP contribution < -0.4 is 5.32 Å². The molecule has 0 amide bonds. The molecule has 1 heterocycles. The fraction of sp³-hybridized carbons (Fsp3) is 0.571. The summed E-state index contributed by atoms with van der Waals surface area (Å²) in [5.74, 6) is 0.114. The van der Waals surface area contributed by atoms with Gasteiger partial charge in [-0.25, -0.2) is 12.8 Å². The number of sulfone groups is 1. The summed E-state index contributed by atoms with van der Waals surface area (Å²) in [6, 6.07) is 3.75. The summed E-state index contributed by atoms with van der Waals surface area (Å²) in [7, 11) is -3.28. The van der Waals surface area contributed by atoms with Crippen LogP contribution in [-0.4, -0.2) is 31.9 Å². The lowest BCUT2D eigenvalue weighted by atomic mass is 9.82. The van der Waals surface area contributed by atoms with Gasteiger partial charge in [-0.15, -0.1) is 0 Å². The maximum absolute atomic E-state index is 13.4. The molecule has 2 N–H and O–H groups in total. The van der Waals surface area contributed by atoms with Crippen molar-refractivity contribution < 1.29 is 17.9 Å². The Balaban J connectivity index is 1.78. The van der Waals surface area contributed by atoms with Gasteiger partial charge in [-0.2, -0.15) is 0 Å². The van der Waals surface area contributed by atoms with Crippen LogP contribution in [0.15, 0.2) is 23.1 Å². The van der Waals surface area contributed by atoms with E-state index in [0.717, 1.165) is 19.4 Å². The molecule has 4 nitrogen and oxygen atoms in total. The molecule has 1 aliphatic heterocycles. The molecule has 1 atom stereocenters. The Bertz CT molecular complexity index is 611. The van der Waals surface area contributed by atoms with Crippen molar-refractivity contribution >= 4 is 9.84 Å². The van der Waals surface area contributed by atoms with Gasteiger partial charge >= 0.3 is 0 Å². The predicted octanol–water partition coefficient (Wildman–Crippen LogP) is 1.40. The van der Waals surface area contributed by atoms with Crippen molar-refractivity contribution in [1.29, 1.82) is 0 Å². The van der Waals surface area contributed by atoms with Gasteiger partial charge in [0.2, 0.25) is 0 Å². The Morgan fingerprint density at radius 1 is 1.35 bits per heavy atom. The molecule has 1 unspecified atom stereocenters. The van der Waals surface area contributed by atoms with Crippen molar-refractivity contribution in [3.63, 3.8) is 0 Å². The van der Waals surface area contributed by atoms with E-state index in [1.54, 1.807) is 0 Å². The second kappa shape index (κ2) is 5.09. The highest BCUT2D eigenvalue weighted by molar-refractivity contribution is 7.91. The van der Waals surface area contributed by atoms with Crippen LogP contribution in [0, 0.1) is 11.7 Å². The van der Waals surface area contributed by atoms with E-state index >= 15 is 0 Å². The van der Waals surface area contributed by atoms with Crippen molar-refractivity contribution in [3.05, 3.63) is 29.6 Å². The Morgan fingerprint density at radius 3 is 2.80 bits per heavy atom. The molecule has 2 aliphatic rings. The minimum absolute atomic E-state index is 0.0938. The molecule has 110 valence electrons. The number of hydrogen-bond acceptors (Lipinski definition) is 4. The smallest absolute Gasteiger partial charge is 0.178 e. The van der Waals surface area contributed by atoms with Gasteiger partial charge in [0, 0.05) is 6.04 Å². The summed E-state index contributed by atoms with van der Waals surface area (Å²) >= 11 is 0. The van der Waals surface area contributed by atoms with E-state index in [4.69, 9.17) is 0 Å². The molecule has 1 aliphatic carbocycles. The molecule has 6 heteroatoms. The normalized spacial score (nSPS) is 31.4. The lowest BCUT2D eigenvalue weighted by Gasteiger charge is -2.34. The van der Waals surface area contributed by atoms with E-state index < -0.39 is 15.7 Å². The zero-order valence-corrected chi connectivity index (χ0v) is 11.9. The number of benzene rings is 1. The zero-order chi connectivity index (χ0) is 14.3. The first-order chi connectivity index (χ1) is 9.45. The number of aliphatic hydroxyl groups is 1. The highest BCUT2D eigenvalue weighted by Crippen LogP contribution is 2.34. The van der Waals surface area contributed by atoms with Crippen molar-refractivity contribution in [2.24, 2.45) is 5.92 Å². The second-order valence-electron chi connectivity index (χ2n) is 5.74. The highest BCUT2D eigenvalue weighted by Gasteiger charge is 2.32. The van der Waals surface area contributed by atoms with Gasteiger partial charge in [0.1, 0.15) is 5.82 Å². The first-order valence-corrected chi connectivity index (χ1v) is 8.54. The van der Waals surface area contributed by atoms with E-state index in [-0.39, 0.29) is 22.8 Å². The quantitative estimate of drug-likeness (QED) is 0.828. The average molecular weight is 299 g/mol. The average Bonchev–Trinajstić information content (AvgIpc) is 2.35. The molecule has 0 saturated heterocycles. The summed E-state index contributed by atoms with van der Waals surface area (Å²) in [5.41, 5.74) is 0.538. The molecule has 1 aromatic rings. The molecule has 0 bridgehead atoms. The molecule has 20 heavy (non-hydrogen) atoms. The minimum atomic E-state index is -3.28. The number of fused-ring (bicyclic) bond motifs is 1. The molecule has 1 fully saturated rings. The number of hydrogen-bond donors (Lipinski definition) is 2. The van der Waals surface area contributed by atoms with Gasteiger partial charge in [0.15, 0.2) is 9.84 Å². The van der Waals surface area contributed by atoms with Crippen LogP contribution >= 0.6 is 0 Å². The molecule has 0 aromatic heterocycles. The number of rotatable bonds is 3. The first kappa shape index (κ1) is 14.0. The summed E-state index contributed by atoms with van der Waals surface area (Å²) in [4.78, 5) is 0.247. The van der Waals surface area contributed by atoms with Crippen molar-refractivity contribution in [3.8, 4) is 0 Å². The maximum atomic E-state index is 13.4.